The van der Waals surface area contributed by atoms with Crippen LogP contribution in [0.4, 0.5) is 32.4 Å². The van der Waals surface area contributed by atoms with Gasteiger partial charge < -0.3 is 24.7 Å². The Balaban J connectivity index is 1.63. The fraction of sp³-hybridized carbons (Fsp3) is 0.259. The Bertz CT molecular complexity index is 1600. The first-order valence-electron chi connectivity index (χ1n) is 12.6. The van der Waals surface area contributed by atoms with Gasteiger partial charge in [0.25, 0.3) is 5.91 Å². The van der Waals surface area contributed by atoms with Crippen molar-refractivity contribution in [3.63, 3.8) is 0 Å². The number of anilines is 1. The number of halogens is 5. The second-order valence-electron chi connectivity index (χ2n) is 9.47. The number of nitrogens with zero attached hydrogens (tertiary/aromatic N) is 2. The van der Waals surface area contributed by atoms with Crippen molar-refractivity contribution in [2.75, 3.05) is 25.2 Å². The van der Waals surface area contributed by atoms with Gasteiger partial charge in [-0.3, -0.25) is 14.2 Å². The molecule has 3 amide bonds. The minimum atomic E-state index is -4.80. The first kappa shape index (κ1) is 31.9. The maximum absolute atomic E-state index is 15.0. The first-order valence-corrected chi connectivity index (χ1v) is 14.1. The van der Waals surface area contributed by atoms with Gasteiger partial charge in [-0.2, -0.15) is 0 Å². The minimum absolute atomic E-state index is 0.0398. The molecule has 3 N–H and O–H groups in total. The summed E-state index contributed by atoms with van der Waals surface area (Å²) >= 11 is 0. The topological polar surface area (TPSA) is 129 Å². The summed E-state index contributed by atoms with van der Waals surface area (Å²) in [4.78, 5) is 46.3. The van der Waals surface area contributed by atoms with Gasteiger partial charge in [-0.15, -0.1) is 0 Å². The van der Waals surface area contributed by atoms with Crippen molar-refractivity contribution in [1.29, 1.82) is 0 Å². The van der Waals surface area contributed by atoms with E-state index in [0.717, 1.165) is 17.0 Å². The first-order chi connectivity index (χ1) is 20.2. The number of carbonyl (C=O) groups excluding carboxylic acids is 2. The van der Waals surface area contributed by atoms with E-state index < -0.39 is 92.3 Å². The van der Waals surface area contributed by atoms with E-state index in [1.807, 2.05) is 0 Å². The van der Waals surface area contributed by atoms with Crippen molar-refractivity contribution in [2.45, 2.75) is 26.1 Å². The van der Waals surface area contributed by atoms with E-state index in [1.165, 1.54) is 30.1 Å². The molecule has 1 heterocycles. The molecule has 0 fully saturated rings. The van der Waals surface area contributed by atoms with Crippen LogP contribution in [-0.2, 0) is 22.2 Å². The largest absolute Gasteiger partial charge is 0.491 e. The number of benzene rings is 3. The molecule has 1 aliphatic rings. The van der Waals surface area contributed by atoms with Gasteiger partial charge in [0.15, 0.2) is 11.6 Å². The number of phosphoric acid groups is 1. The Morgan fingerprint density at radius 2 is 1.65 bits per heavy atom. The number of rotatable bonds is 10. The van der Waals surface area contributed by atoms with Crippen LogP contribution in [0.25, 0.3) is 0 Å². The van der Waals surface area contributed by atoms with Crippen LogP contribution in [0.1, 0.15) is 40.0 Å². The van der Waals surface area contributed by atoms with Crippen molar-refractivity contribution in [1.82, 2.24) is 10.2 Å². The summed E-state index contributed by atoms with van der Waals surface area (Å²) in [6, 6.07) is 5.87. The van der Waals surface area contributed by atoms with E-state index in [0.29, 0.717) is 17.7 Å². The van der Waals surface area contributed by atoms with Gasteiger partial charge in [0, 0.05) is 36.9 Å². The lowest BCUT2D eigenvalue weighted by Crippen LogP contribution is -2.46. The standard InChI is InChI=1S/C27H25F5N3O7P/c1-14-17-4-3-15(26(36)33-12-18-21(30)10-16(28)11-22(18)31)9-23(17)35(27(37)34(14)2)13-19-24(6-5-20(29)25(19)32)41-7-8-42-43(38,39)40/h3-6,9-11,14H,7-8,12-13H2,1-2H3,(H,33,36)(H2,38,39,40)/t14-/m0/s1. The van der Waals surface area contributed by atoms with Crippen LogP contribution in [-0.4, -0.2) is 46.9 Å². The zero-order valence-corrected chi connectivity index (χ0v) is 23.5. The molecule has 3 aromatic carbocycles. The smallest absolute Gasteiger partial charge is 0.469 e. The number of phosphoric ester groups is 1. The third-order valence-electron chi connectivity index (χ3n) is 6.75. The van der Waals surface area contributed by atoms with Crippen LogP contribution < -0.4 is 15.0 Å². The van der Waals surface area contributed by atoms with E-state index in [4.69, 9.17) is 14.5 Å². The number of urea groups is 1. The van der Waals surface area contributed by atoms with Gasteiger partial charge in [0.2, 0.25) is 0 Å². The minimum Gasteiger partial charge on any atom is -0.491 e. The third-order valence-corrected chi connectivity index (χ3v) is 7.27. The maximum atomic E-state index is 15.0. The number of ether oxygens (including phenoxy) is 1. The highest BCUT2D eigenvalue weighted by molar-refractivity contribution is 7.46. The Morgan fingerprint density at radius 3 is 2.30 bits per heavy atom. The molecular weight excluding hydrogens is 604 g/mol. The molecule has 0 unspecified atom stereocenters. The molecule has 0 spiro atoms. The van der Waals surface area contributed by atoms with Crippen molar-refractivity contribution in [3.8, 4) is 5.75 Å². The summed E-state index contributed by atoms with van der Waals surface area (Å²) in [5, 5.41) is 2.33. The monoisotopic (exact) mass is 629 g/mol. The maximum Gasteiger partial charge on any atom is 0.469 e. The number of nitrogens with one attached hydrogen (secondary N) is 1. The Labute approximate surface area is 241 Å². The van der Waals surface area contributed by atoms with E-state index >= 15 is 4.39 Å². The highest BCUT2D eigenvalue weighted by Crippen LogP contribution is 2.39. The van der Waals surface area contributed by atoms with E-state index in [2.05, 4.69) is 9.84 Å². The van der Waals surface area contributed by atoms with Gasteiger partial charge >= 0.3 is 13.9 Å². The van der Waals surface area contributed by atoms with Crippen molar-refractivity contribution < 1.29 is 55.2 Å². The highest BCUT2D eigenvalue weighted by Gasteiger charge is 2.35. The van der Waals surface area contributed by atoms with Gasteiger partial charge in [-0.1, -0.05) is 6.07 Å². The van der Waals surface area contributed by atoms with Crippen LogP contribution in [0.2, 0.25) is 0 Å². The molecule has 230 valence electrons. The number of hydrogen-bond acceptors (Lipinski definition) is 5. The number of carbonyl (C=O) groups is 2. The molecule has 4 rings (SSSR count). The Hall–Kier alpha value is -4.04. The molecule has 1 aliphatic heterocycles. The lowest BCUT2D eigenvalue weighted by molar-refractivity contribution is 0.0950. The van der Waals surface area contributed by atoms with Gasteiger partial charge in [0.05, 0.1) is 30.4 Å². The van der Waals surface area contributed by atoms with Crippen LogP contribution in [0, 0.1) is 29.1 Å². The predicted octanol–water partition coefficient (Wildman–Crippen LogP) is 4.93. The van der Waals surface area contributed by atoms with Crippen LogP contribution in [0.5, 0.6) is 5.75 Å². The predicted molar refractivity (Wildman–Crippen MR) is 142 cm³/mol. The molecule has 0 saturated heterocycles. The number of fused-ring (bicyclic) bond motifs is 1. The Kier molecular flexibility index (Phi) is 9.40. The van der Waals surface area contributed by atoms with E-state index in [9.17, 15) is 31.7 Å². The fourth-order valence-corrected chi connectivity index (χ4v) is 4.74. The molecule has 0 aliphatic carbocycles. The summed E-state index contributed by atoms with van der Waals surface area (Å²) < 4.78 is 91.1. The lowest BCUT2D eigenvalue weighted by Gasteiger charge is -2.40. The molecule has 0 radical (unpaired) electrons. The molecule has 10 nitrogen and oxygen atoms in total. The molecule has 43 heavy (non-hydrogen) atoms. The van der Waals surface area contributed by atoms with Crippen LogP contribution in [0.15, 0.2) is 42.5 Å². The molecule has 0 saturated carbocycles. The van der Waals surface area contributed by atoms with Crippen molar-refractivity contribution in [2.24, 2.45) is 0 Å². The average Bonchev–Trinajstić information content (AvgIpc) is 2.93. The molecule has 1 atom stereocenters. The number of amides is 3. The second kappa shape index (κ2) is 12.7. The third kappa shape index (κ3) is 7.13. The molecular formula is C27H25F5N3O7P. The van der Waals surface area contributed by atoms with Crippen molar-refractivity contribution >= 4 is 25.4 Å². The normalized spacial score (nSPS) is 15.0. The zero-order chi connectivity index (χ0) is 31.6. The van der Waals surface area contributed by atoms with Gasteiger partial charge in [-0.25, -0.2) is 31.3 Å². The van der Waals surface area contributed by atoms with E-state index in [1.54, 1.807) is 6.92 Å². The summed E-state index contributed by atoms with van der Waals surface area (Å²) in [5.74, 6) is -7.14. The lowest BCUT2D eigenvalue weighted by atomic mass is 9.98. The quantitative estimate of drug-likeness (QED) is 0.165. The number of hydrogen-bond donors (Lipinski definition) is 3. The summed E-state index contributed by atoms with van der Waals surface area (Å²) in [6.07, 6.45) is 0. The average molecular weight is 629 g/mol. The highest BCUT2D eigenvalue weighted by atomic mass is 31.2. The zero-order valence-electron chi connectivity index (χ0n) is 22.6. The summed E-state index contributed by atoms with van der Waals surface area (Å²) in [5.41, 5.74) is -0.331. The molecule has 16 heteroatoms. The van der Waals surface area contributed by atoms with Gasteiger partial charge in [0.1, 0.15) is 29.8 Å². The van der Waals surface area contributed by atoms with Gasteiger partial charge in [-0.05, 0) is 36.8 Å². The fourth-order valence-electron chi connectivity index (χ4n) is 4.43. The van der Waals surface area contributed by atoms with Crippen LogP contribution in [0.3, 0.4) is 0 Å². The second-order valence-corrected chi connectivity index (χ2v) is 10.7. The van der Waals surface area contributed by atoms with Crippen molar-refractivity contribution in [3.05, 3.63) is 93.8 Å². The summed E-state index contributed by atoms with van der Waals surface area (Å²) in [7, 11) is -3.32. The molecule has 0 aromatic heterocycles. The molecule has 3 aromatic rings. The summed E-state index contributed by atoms with van der Waals surface area (Å²) in [6.45, 7) is -0.538. The molecule has 0 bridgehead atoms. The van der Waals surface area contributed by atoms with Crippen LogP contribution >= 0.6 is 7.82 Å². The van der Waals surface area contributed by atoms with E-state index in [-0.39, 0.29) is 17.0 Å². The SMILES string of the molecule is C[C@H]1c2ccc(C(=O)NCc3c(F)cc(F)cc3F)cc2N(Cc2c(OCCOP(=O)(O)O)ccc(F)c2F)C(=O)N1C. The Morgan fingerprint density at radius 1 is 0.977 bits per heavy atom.